The van der Waals surface area contributed by atoms with E-state index in [1.54, 1.807) is 11.8 Å². The average Bonchev–Trinajstić information content (AvgIpc) is 2.72. The van der Waals surface area contributed by atoms with E-state index in [2.05, 4.69) is 24.5 Å². The number of alkyl halides is 2. The average molecular weight is 280 g/mol. The molecule has 0 saturated carbocycles. The summed E-state index contributed by atoms with van der Waals surface area (Å²) in [4.78, 5) is 11.8. The maximum absolute atomic E-state index is 13.0. The van der Waals surface area contributed by atoms with Gasteiger partial charge in [0.1, 0.15) is 0 Å². The molecule has 1 fully saturated rings. The minimum Gasteiger partial charge on any atom is -0.353 e. The Hall–Kier alpha value is -0.360. The molecule has 0 aromatic heterocycles. The molecule has 1 aliphatic rings. The van der Waals surface area contributed by atoms with Crippen LogP contribution in [-0.2, 0) is 4.79 Å². The summed E-state index contributed by atoms with van der Waals surface area (Å²) in [7, 11) is 0. The highest BCUT2D eigenvalue weighted by atomic mass is 32.2. The van der Waals surface area contributed by atoms with Crippen molar-refractivity contribution in [3.8, 4) is 0 Å². The van der Waals surface area contributed by atoms with Crippen molar-refractivity contribution in [3.05, 3.63) is 0 Å². The summed E-state index contributed by atoms with van der Waals surface area (Å²) in [5, 5.41) is 5.37. The number of halogens is 2. The van der Waals surface area contributed by atoms with Gasteiger partial charge in [-0.1, -0.05) is 13.8 Å². The maximum Gasteiger partial charge on any atom is 0.262 e. The Kier molecular flexibility index (Phi) is 5.40. The molecule has 1 amide bonds. The van der Waals surface area contributed by atoms with E-state index in [1.165, 1.54) is 0 Å². The normalized spacial score (nSPS) is 23.1. The summed E-state index contributed by atoms with van der Waals surface area (Å²) in [6.45, 7) is 4.28. The molecule has 18 heavy (non-hydrogen) atoms. The van der Waals surface area contributed by atoms with Crippen LogP contribution in [0.25, 0.3) is 0 Å². The van der Waals surface area contributed by atoms with E-state index >= 15 is 0 Å². The van der Waals surface area contributed by atoms with Crippen LogP contribution in [0, 0.1) is 0 Å². The Morgan fingerprint density at radius 3 is 2.50 bits per heavy atom. The summed E-state index contributed by atoms with van der Waals surface area (Å²) in [6.07, 6.45) is 3.50. The molecule has 106 valence electrons. The van der Waals surface area contributed by atoms with Crippen LogP contribution >= 0.6 is 11.8 Å². The lowest BCUT2D eigenvalue weighted by atomic mass is 10.0. The van der Waals surface area contributed by atoms with Gasteiger partial charge in [-0.25, -0.2) is 8.78 Å². The third-order valence-electron chi connectivity index (χ3n) is 3.73. The fourth-order valence-corrected chi connectivity index (χ4v) is 2.93. The standard InChI is InChI=1S/C12H22F2N2OS/c1-4-11(5-2,18-3)7-16-10(17)9-6-12(13,14)8-15-9/h9,15H,4-8H2,1-3H3,(H,16,17). The molecule has 6 heteroatoms. The molecule has 0 aromatic carbocycles. The lowest BCUT2D eigenvalue weighted by Gasteiger charge is -2.30. The van der Waals surface area contributed by atoms with Crippen LogP contribution < -0.4 is 10.6 Å². The number of hydrogen-bond donors (Lipinski definition) is 2. The highest BCUT2D eigenvalue weighted by Gasteiger charge is 2.42. The van der Waals surface area contributed by atoms with Crippen LogP contribution in [-0.4, -0.2) is 42.0 Å². The maximum atomic E-state index is 13.0. The SMILES string of the molecule is CCC(CC)(CNC(=O)C1CC(F)(F)CN1)SC. The van der Waals surface area contributed by atoms with Crippen molar-refractivity contribution in [3.63, 3.8) is 0 Å². The molecule has 1 aliphatic heterocycles. The number of nitrogens with one attached hydrogen (secondary N) is 2. The Morgan fingerprint density at radius 2 is 2.11 bits per heavy atom. The minimum atomic E-state index is -2.76. The van der Waals surface area contributed by atoms with Gasteiger partial charge in [-0.05, 0) is 19.1 Å². The van der Waals surface area contributed by atoms with Crippen LogP contribution in [0.2, 0.25) is 0 Å². The first-order chi connectivity index (χ1) is 8.38. The van der Waals surface area contributed by atoms with E-state index in [0.717, 1.165) is 12.8 Å². The van der Waals surface area contributed by atoms with Crippen molar-refractivity contribution in [1.82, 2.24) is 10.6 Å². The molecule has 1 atom stereocenters. The predicted molar refractivity (Wildman–Crippen MR) is 71.2 cm³/mol. The van der Waals surface area contributed by atoms with Crippen molar-refractivity contribution in [1.29, 1.82) is 0 Å². The molecule has 0 radical (unpaired) electrons. The fraction of sp³-hybridized carbons (Fsp3) is 0.917. The monoisotopic (exact) mass is 280 g/mol. The summed E-state index contributed by atoms with van der Waals surface area (Å²) in [5.74, 6) is -3.07. The predicted octanol–water partition coefficient (Wildman–Crippen LogP) is 2.02. The van der Waals surface area contributed by atoms with Gasteiger partial charge in [-0.3, -0.25) is 10.1 Å². The van der Waals surface area contributed by atoms with Crippen molar-refractivity contribution in [2.75, 3.05) is 19.3 Å². The zero-order valence-electron chi connectivity index (χ0n) is 11.2. The molecule has 1 saturated heterocycles. The van der Waals surface area contributed by atoms with Gasteiger partial charge in [0.15, 0.2) is 0 Å². The van der Waals surface area contributed by atoms with Crippen LogP contribution in [0.5, 0.6) is 0 Å². The van der Waals surface area contributed by atoms with Crippen LogP contribution in [0.1, 0.15) is 33.1 Å². The first kappa shape index (κ1) is 15.7. The number of carbonyl (C=O) groups excluding carboxylic acids is 1. The highest BCUT2D eigenvalue weighted by Crippen LogP contribution is 2.30. The number of hydrogen-bond acceptors (Lipinski definition) is 3. The first-order valence-corrected chi connectivity index (χ1v) is 7.54. The van der Waals surface area contributed by atoms with Crippen molar-refractivity contribution in [2.24, 2.45) is 0 Å². The largest absolute Gasteiger partial charge is 0.353 e. The lowest BCUT2D eigenvalue weighted by molar-refractivity contribution is -0.123. The Labute approximate surface area is 111 Å². The fourth-order valence-electron chi connectivity index (χ4n) is 2.13. The van der Waals surface area contributed by atoms with Gasteiger partial charge in [0, 0.05) is 17.7 Å². The molecule has 0 aliphatic carbocycles. The smallest absolute Gasteiger partial charge is 0.262 e. The van der Waals surface area contributed by atoms with E-state index in [4.69, 9.17) is 0 Å². The number of thioether (sulfide) groups is 1. The highest BCUT2D eigenvalue weighted by molar-refractivity contribution is 8.00. The van der Waals surface area contributed by atoms with E-state index in [9.17, 15) is 13.6 Å². The van der Waals surface area contributed by atoms with Crippen molar-refractivity contribution in [2.45, 2.75) is 49.8 Å². The number of amides is 1. The van der Waals surface area contributed by atoms with Gasteiger partial charge in [0.25, 0.3) is 5.92 Å². The molecule has 3 nitrogen and oxygen atoms in total. The summed E-state index contributed by atoms with van der Waals surface area (Å²) < 4.78 is 26.0. The van der Waals surface area contributed by atoms with Gasteiger partial charge in [0.2, 0.25) is 5.91 Å². The quantitative estimate of drug-likeness (QED) is 0.782. The van der Waals surface area contributed by atoms with Crippen LogP contribution in [0.3, 0.4) is 0 Å². The molecule has 2 N–H and O–H groups in total. The van der Waals surface area contributed by atoms with Crippen molar-refractivity contribution >= 4 is 17.7 Å². The second-order valence-corrected chi connectivity index (χ2v) is 6.08. The second-order valence-electron chi connectivity index (χ2n) is 4.81. The molecular weight excluding hydrogens is 258 g/mol. The first-order valence-electron chi connectivity index (χ1n) is 6.32. The van der Waals surface area contributed by atoms with E-state index in [0.29, 0.717) is 6.54 Å². The van der Waals surface area contributed by atoms with Gasteiger partial charge in [-0.15, -0.1) is 0 Å². The molecule has 1 rings (SSSR count). The third kappa shape index (κ3) is 3.82. The molecule has 1 unspecified atom stereocenters. The Bertz CT molecular complexity index is 288. The number of rotatable bonds is 6. The van der Waals surface area contributed by atoms with Gasteiger partial charge in [0.05, 0.1) is 12.6 Å². The summed E-state index contributed by atoms with van der Waals surface area (Å²) in [5.41, 5.74) is 0. The second kappa shape index (κ2) is 6.19. The molecular formula is C12H22F2N2OS. The lowest BCUT2D eigenvalue weighted by Crippen LogP contribution is -2.46. The van der Waals surface area contributed by atoms with E-state index in [1.807, 2.05) is 6.26 Å². The number of carbonyl (C=O) groups is 1. The Morgan fingerprint density at radius 1 is 1.50 bits per heavy atom. The van der Waals surface area contributed by atoms with Gasteiger partial charge >= 0.3 is 0 Å². The molecule has 0 aromatic rings. The van der Waals surface area contributed by atoms with Gasteiger partial charge in [-0.2, -0.15) is 11.8 Å². The molecule has 1 heterocycles. The molecule has 0 bridgehead atoms. The van der Waals surface area contributed by atoms with Gasteiger partial charge < -0.3 is 5.32 Å². The third-order valence-corrected chi connectivity index (χ3v) is 5.32. The zero-order chi connectivity index (χ0) is 13.8. The zero-order valence-corrected chi connectivity index (χ0v) is 12.0. The van der Waals surface area contributed by atoms with E-state index < -0.39 is 24.9 Å². The van der Waals surface area contributed by atoms with Crippen LogP contribution in [0.15, 0.2) is 0 Å². The summed E-state index contributed by atoms with van der Waals surface area (Å²) in [6, 6.07) is -0.756. The molecule has 0 spiro atoms. The minimum absolute atomic E-state index is 0.0107. The summed E-state index contributed by atoms with van der Waals surface area (Å²) >= 11 is 1.72. The Balaban J connectivity index is 2.46. The van der Waals surface area contributed by atoms with E-state index in [-0.39, 0.29) is 10.7 Å². The van der Waals surface area contributed by atoms with Crippen molar-refractivity contribution < 1.29 is 13.6 Å². The van der Waals surface area contributed by atoms with Crippen LogP contribution in [0.4, 0.5) is 8.78 Å². The topological polar surface area (TPSA) is 41.1 Å².